The van der Waals surface area contributed by atoms with Crippen molar-refractivity contribution in [2.24, 2.45) is 5.73 Å². The maximum Gasteiger partial charge on any atom is 0.0594 e. The molecule has 3 heteroatoms. The van der Waals surface area contributed by atoms with E-state index in [2.05, 4.69) is 30.9 Å². The van der Waals surface area contributed by atoms with Gasteiger partial charge in [0.15, 0.2) is 0 Å². The molecule has 1 atom stereocenters. The minimum atomic E-state index is 0.0352. The predicted molar refractivity (Wildman–Crippen MR) is 82.0 cm³/mol. The van der Waals surface area contributed by atoms with Gasteiger partial charge in [0.25, 0.3) is 0 Å². The molecular formula is C17H26N2O. The SMILES string of the molecule is Cc1ccc(C)c2c1CCCC2(CN)N1CCOCC1. The molecule has 3 nitrogen and oxygen atoms in total. The summed E-state index contributed by atoms with van der Waals surface area (Å²) in [5, 5.41) is 0. The molecule has 1 unspecified atom stereocenters. The summed E-state index contributed by atoms with van der Waals surface area (Å²) in [6, 6.07) is 4.53. The van der Waals surface area contributed by atoms with E-state index in [4.69, 9.17) is 10.5 Å². The van der Waals surface area contributed by atoms with Gasteiger partial charge in [0.2, 0.25) is 0 Å². The van der Waals surface area contributed by atoms with Crippen molar-refractivity contribution >= 4 is 0 Å². The number of ether oxygens (including phenoxy) is 1. The molecule has 2 N–H and O–H groups in total. The summed E-state index contributed by atoms with van der Waals surface area (Å²) in [4.78, 5) is 2.58. The van der Waals surface area contributed by atoms with Crippen LogP contribution < -0.4 is 5.73 Å². The fourth-order valence-corrected chi connectivity index (χ4v) is 4.16. The lowest BCUT2D eigenvalue weighted by atomic mass is 9.72. The normalized spacial score (nSPS) is 27.4. The first-order chi connectivity index (χ1) is 9.69. The van der Waals surface area contributed by atoms with E-state index < -0.39 is 0 Å². The molecule has 0 spiro atoms. The number of aryl methyl sites for hydroxylation is 2. The molecule has 1 aromatic rings. The molecule has 1 aliphatic heterocycles. The van der Waals surface area contributed by atoms with Crippen LogP contribution in [0.15, 0.2) is 12.1 Å². The maximum atomic E-state index is 6.32. The molecular weight excluding hydrogens is 248 g/mol. The molecule has 1 aromatic carbocycles. The molecule has 3 rings (SSSR count). The minimum absolute atomic E-state index is 0.0352. The van der Waals surface area contributed by atoms with E-state index in [1.54, 1.807) is 5.56 Å². The van der Waals surface area contributed by atoms with Crippen LogP contribution in [0.5, 0.6) is 0 Å². The van der Waals surface area contributed by atoms with Crippen molar-refractivity contribution in [3.63, 3.8) is 0 Å². The third-order valence-corrected chi connectivity index (χ3v) is 5.19. The summed E-state index contributed by atoms with van der Waals surface area (Å²) in [6.07, 6.45) is 3.63. The average Bonchev–Trinajstić information content (AvgIpc) is 2.51. The van der Waals surface area contributed by atoms with Crippen LogP contribution in [0.25, 0.3) is 0 Å². The fraction of sp³-hybridized carbons (Fsp3) is 0.647. The number of hydrogen-bond donors (Lipinski definition) is 1. The molecule has 110 valence electrons. The van der Waals surface area contributed by atoms with Gasteiger partial charge in [-0.05, 0) is 55.4 Å². The van der Waals surface area contributed by atoms with Gasteiger partial charge in [-0.2, -0.15) is 0 Å². The quantitative estimate of drug-likeness (QED) is 0.898. The van der Waals surface area contributed by atoms with Crippen LogP contribution in [0.4, 0.5) is 0 Å². The van der Waals surface area contributed by atoms with Crippen molar-refractivity contribution in [2.45, 2.75) is 38.6 Å². The van der Waals surface area contributed by atoms with Crippen molar-refractivity contribution < 1.29 is 4.74 Å². The molecule has 1 saturated heterocycles. The highest BCUT2D eigenvalue weighted by Crippen LogP contribution is 2.42. The number of nitrogens with zero attached hydrogens (tertiary/aromatic N) is 1. The maximum absolute atomic E-state index is 6.32. The molecule has 0 aromatic heterocycles. The highest BCUT2D eigenvalue weighted by molar-refractivity contribution is 5.46. The number of benzene rings is 1. The monoisotopic (exact) mass is 274 g/mol. The van der Waals surface area contributed by atoms with E-state index in [1.165, 1.54) is 36.0 Å². The second kappa shape index (κ2) is 5.47. The van der Waals surface area contributed by atoms with Crippen molar-refractivity contribution in [1.29, 1.82) is 0 Å². The van der Waals surface area contributed by atoms with Crippen LogP contribution in [0, 0.1) is 13.8 Å². The van der Waals surface area contributed by atoms with Crippen LogP contribution in [0.2, 0.25) is 0 Å². The molecule has 0 radical (unpaired) electrons. The van der Waals surface area contributed by atoms with Gasteiger partial charge < -0.3 is 10.5 Å². The van der Waals surface area contributed by atoms with E-state index in [-0.39, 0.29) is 5.54 Å². The van der Waals surface area contributed by atoms with Gasteiger partial charge in [-0.1, -0.05) is 12.1 Å². The zero-order valence-electron chi connectivity index (χ0n) is 12.7. The van der Waals surface area contributed by atoms with E-state index in [0.29, 0.717) is 6.54 Å². The van der Waals surface area contributed by atoms with Gasteiger partial charge >= 0.3 is 0 Å². The predicted octanol–water partition coefficient (Wildman–Crippen LogP) is 2.13. The summed E-state index contributed by atoms with van der Waals surface area (Å²) in [5.41, 5.74) is 12.3. The fourth-order valence-electron chi connectivity index (χ4n) is 4.16. The van der Waals surface area contributed by atoms with Gasteiger partial charge in [-0.25, -0.2) is 0 Å². The van der Waals surface area contributed by atoms with Crippen LogP contribution >= 0.6 is 0 Å². The van der Waals surface area contributed by atoms with Crippen LogP contribution in [-0.2, 0) is 16.7 Å². The Hall–Kier alpha value is -0.900. The molecule has 0 bridgehead atoms. The Morgan fingerprint density at radius 2 is 1.90 bits per heavy atom. The van der Waals surface area contributed by atoms with E-state index in [0.717, 1.165) is 26.3 Å². The lowest BCUT2D eigenvalue weighted by Crippen LogP contribution is -2.57. The van der Waals surface area contributed by atoms with Crippen molar-refractivity contribution in [1.82, 2.24) is 4.90 Å². The molecule has 0 saturated carbocycles. The van der Waals surface area contributed by atoms with Gasteiger partial charge in [0.1, 0.15) is 0 Å². The third-order valence-electron chi connectivity index (χ3n) is 5.19. The van der Waals surface area contributed by atoms with Crippen LogP contribution in [0.3, 0.4) is 0 Å². The molecule has 1 heterocycles. The second-order valence-electron chi connectivity index (χ2n) is 6.24. The van der Waals surface area contributed by atoms with Gasteiger partial charge in [0, 0.05) is 19.6 Å². The summed E-state index contributed by atoms with van der Waals surface area (Å²) in [7, 11) is 0. The highest BCUT2D eigenvalue weighted by atomic mass is 16.5. The molecule has 1 aliphatic carbocycles. The third kappa shape index (κ3) is 2.09. The first-order valence-corrected chi connectivity index (χ1v) is 7.81. The molecule has 20 heavy (non-hydrogen) atoms. The first-order valence-electron chi connectivity index (χ1n) is 7.81. The Morgan fingerprint density at radius 1 is 1.20 bits per heavy atom. The Kier molecular flexibility index (Phi) is 3.85. The Morgan fingerprint density at radius 3 is 2.60 bits per heavy atom. The molecule has 2 aliphatic rings. The lowest BCUT2D eigenvalue weighted by molar-refractivity contribution is -0.0289. The second-order valence-corrected chi connectivity index (χ2v) is 6.24. The van der Waals surface area contributed by atoms with Crippen molar-refractivity contribution in [3.8, 4) is 0 Å². The van der Waals surface area contributed by atoms with E-state index in [9.17, 15) is 0 Å². The Balaban J connectivity index is 2.12. The van der Waals surface area contributed by atoms with Crippen LogP contribution in [-0.4, -0.2) is 37.7 Å². The molecule has 0 amide bonds. The summed E-state index contributed by atoms with van der Waals surface area (Å²) in [5.74, 6) is 0. The first kappa shape index (κ1) is 14.1. The van der Waals surface area contributed by atoms with E-state index >= 15 is 0 Å². The highest BCUT2D eigenvalue weighted by Gasteiger charge is 2.42. The number of hydrogen-bond acceptors (Lipinski definition) is 3. The largest absolute Gasteiger partial charge is 0.379 e. The number of nitrogens with two attached hydrogens (primary N) is 1. The van der Waals surface area contributed by atoms with Gasteiger partial charge in [-0.15, -0.1) is 0 Å². The zero-order chi connectivity index (χ0) is 14.2. The average molecular weight is 274 g/mol. The standard InChI is InChI=1S/C17H26N2O/c1-13-5-6-14(2)16-15(13)4-3-7-17(16,12-18)19-8-10-20-11-9-19/h5-6H,3-4,7-12,18H2,1-2H3. The van der Waals surface area contributed by atoms with Crippen molar-refractivity contribution in [2.75, 3.05) is 32.8 Å². The topological polar surface area (TPSA) is 38.5 Å². The Labute approximate surface area is 122 Å². The van der Waals surface area contributed by atoms with Gasteiger partial charge in [0.05, 0.1) is 18.8 Å². The number of morpholine rings is 1. The van der Waals surface area contributed by atoms with Crippen LogP contribution in [0.1, 0.15) is 35.1 Å². The summed E-state index contributed by atoms with van der Waals surface area (Å²) >= 11 is 0. The Bertz CT molecular complexity index is 494. The summed E-state index contributed by atoms with van der Waals surface area (Å²) < 4.78 is 5.54. The lowest BCUT2D eigenvalue weighted by Gasteiger charge is -2.49. The summed E-state index contributed by atoms with van der Waals surface area (Å²) in [6.45, 7) is 8.88. The number of rotatable bonds is 2. The minimum Gasteiger partial charge on any atom is -0.379 e. The smallest absolute Gasteiger partial charge is 0.0594 e. The van der Waals surface area contributed by atoms with Crippen molar-refractivity contribution in [3.05, 3.63) is 34.4 Å². The van der Waals surface area contributed by atoms with E-state index in [1.807, 2.05) is 0 Å². The van der Waals surface area contributed by atoms with Gasteiger partial charge in [-0.3, -0.25) is 4.90 Å². The zero-order valence-corrected chi connectivity index (χ0v) is 12.7. The molecule has 1 fully saturated rings. The number of fused-ring (bicyclic) bond motifs is 1.